The van der Waals surface area contributed by atoms with Crippen LogP contribution in [0.2, 0.25) is 0 Å². The van der Waals surface area contributed by atoms with E-state index in [1.165, 1.54) is 0 Å². The summed E-state index contributed by atoms with van der Waals surface area (Å²) in [6.45, 7) is 3.70. The Balaban J connectivity index is 0. The standard InChI is InChI=1S/C7H15O2P.Ac/c1-10(2,9)7-5-3-4-6-8;/h3,5,8H,4,6-7H2,1-2H3;/b5-3+;. The van der Waals surface area contributed by atoms with Crippen LogP contribution in [-0.4, -0.2) is 31.2 Å². The second-order valence-electron chi connectivity index (χ2n) is 2.74. The van der Waals surface area contributed by atoms with Crippen LogP contribution in [-0.2, 0) is 4.57 Å². The zero-order valence-corrected chi connectivity index (χ0v) is 12.8. The molecule has 0 aliphatic rings. The molecule has 2 nitrogen and oxygen atoms in total. The van der Waals surface area contributed by atoms with Crippen LogP contribution in [0.4, 0.5) is 0 Å². The molecule has 0 fully saturated rings. The van der Waals surface area contributed by atoms with Gasteiger partial charge in [-0.2, -0.15) is 0 Å². The zero-order valence-electron chi connectivity index (χ0n) is 7.16. The number of allylic oxidation sites excluding steroid dienone is 1. The molecular formula is C7H15AcO2P. The normalized spacial score (nSPS) is 11.5. The molecule has 0 aliphatic heterocycles. The molecule has 0 aliphatic carbocycles. The van der Waals surface area contributed by atoms with E-state index in [1.807, 2.05) is 12.2 Å². The fourth-order valence-electron chi connectivity index (χ4n) is 0.521. The average Bonchev–Trinajstić information content (AvgIpc) is 1.78. The summed E-state index contributed by atoms with van der Waals surface area (Å²) in [5.41, 5.74) is 0. The van der Waals surface area contributed by atoms with E-state index >= 15 is 0 Å². The first-order chi connectivity index (χ1) is 4.56. The van der Waals surface area contributed by atoms with Gasteiger partial charge in [-0.15, -0.1) is 0 Å². The van der Waals surface area contributed by atoms with Gasteiger partial charge < -0.3 is 9.67 Å². The number of hydrogen-bond acceptors (Lipinski definition) is 2. The van der Waals surface area contributed by atoms with Crippen LogP contribution in [0.1, 0.15) is 6.42 Å². The van der Waals surface area contributed by atoms with Crippen molar-refractivity contribution in [3.63, 3.8) is 0 Å². The number of rotatable bonds is 4. The summed E-state index contributed by atoms with van der Waals surface area (Å²) < 4.78 is 11.1. The zero-order chi connectivity index (χ0) is 8.04. The maximum atomic E-state index is 11.1. The number of aliphatic hydroxyl groups excluding tert-OH is 1. The molecule has 0 saturated heterocycles. The Kier molecular flexibility index (Phi) is 10.8. The minimum absolute atomic E-state index is 0. The summed E-state index contributed by atoms with van der Waals surface area (Å²) in [4.78, 5) is 0. The Morgan fingerprint density at radius 2 is 1.91 bits per heavy atom. The van der Waals surface area contributed by atoms with Crippen molar-refractivity contribution in [3.8, 4) is 0 Å². The van der Waals surface area contributed by atoms with Crippen molar-refractivity contribution in [1.29, 1.82) is 0 Å². The van der Waals surface area contributed by atoms with Gasteiger partial charge in [0.1, 0.15) is 0 Å². The molecule has 0 atom stereocenters. The minimum atomic E-state index is -1.87. The van der Waals surface area contributed by atoms with E-state index in [9.17, 15) is 4.57 Å². The second-order valence-corrected chi connectivity index (χ2v) is 6.25. The van der Waals surface area contributed by atoms with Gasteiger partial charge in [-0.05, 0) is 19.8 Å². The third-order valence-corrected chi connectivity index (χ3v) is 2.10. The molecule has 63 valence electrons. The maximum absolute atomic E-state index is 11.1. The first kappa shape index (κ1) is 14.9. The number of hydrogen-bond donors (Lipinski definition) is 1. The molecule has 0 bridgehead atoms. The first-order valence-corrected chi connectivity index (χ1v) is 6.15. The van der Waals surface area contributed by atoms with E-state index < -0.39 is 7.14 Å². The van der Waals surface area contributed by atoms with Crippen LogP contribution in [0.25, 0.3) is 0 Å². The maximum Gasteiger partial charge on any atom is 0.0854 e. The summed E-state index contributed by atoms with van der Waals surface area (Å²) in [6.07, 6.45) is 5.05. The fraction of sp³-hybridized carbons (Fsp3) is 0.714. The summed E-state index contributed by atoms with van der Waals surface area (Å²) in [5, 5.41) is 8.38. The van der Waals surface area contributed by atoms with Crippen LogP contribution in [0.3, 0.4) is 0 Å². The van der Waals surface area contributed by atoms with Gasteiger partial charge in [-0.3, -0.25) is 0 Å². The molecule has 0 rings (SSSR count). The third-order valence-electron chi connectivity index (χ3n) is 1.01. The minimum Gasteiger partial charge on any atom is -0.396 e. The van der Waals surface area contributed by atoms with Gasteiger partial charge in [0.15, 0.2) is 0 Å². The van der Waals surface area contributed by atoms with Crippen molar-refractivity contribution in [2.45, 2.75) is 6.42 Å². The van der Waals surface area contributed by atoms with Crippen LogP contribution in [0.15, 0.2) is 12.2 Å². The molecule has 1 N–H and O–H groups in total. The Bertz CT molecular complexity index is 151. The van der Waals surface area contributed by atoms with E-state index in [-0.39, 0.29) is 50.7 Å². The summed E-state index contributed by atoms with van der Waals surface area (Å²) in [7, 11) is -1.87. The quantitative estimate of drug-likeness (QED) is 0.586. The van der Waals surface area contributed by atoms with Gasteiger partial charge in [0, 0.05) is 56.8 Å². The summed E-state index contributed by atoms with van der Waals surface area (Å²) in [6, 6.07) is 0. The third kappa shape index (κ3) is 14.3. The van der Waals surface area contributed by atoms with Gasteiger partial charge in [-0.1, -0.05) is 12.2 Å². The van der Waals surface area contributed by atoms with E-state index in [1.54, 1.807) is 13.3 Å². The molecule has 0 spiro atoms. The van der Waals surface area contributed by atoms with Crippen molar-refractivity contribution in [3.05, 3.63) is 12.2 Å². The Morgan fingerprint density at radius 1 is 1.36 bits per heavy atom. The molecule has 4 heteroatoms. The van der Waals surface area contributed by atoms with Crippen LogP contribution >= 0.6 is 7.14 Å². The summed E-state index contributed by atoms with van der Waals surface area (Å²) in [5.74, 6) is 0. The van der Waals surface area contributed by atoms with Gasteiger partial charge in [-0.25, -0.2) is 0 Å². The molecule has 0 heterocycles. The molecular weight excluding hydrogens is 374 g/mol. The molecule has 0 saturated carbocycles. The van der Waals surface area contributed by atoms with Crippen LogP contribution < -0.4 is 0 Å². The Hall–Kier alpha value is 1.37. The van der Waals surface area contributed by atoms with E-state index in [0.29, 0.717) is 12.6 Å². The first-order valence-electron chi connectivity index (χ1n) is 3.36. The Labute approximate surface area is 104 Å². The van der Waals surface area contributed by atoms with Gasteiger partial charge in [0.25, 0.3) is 0 Å². The van der Waals surface area contributed by atoms with Gasteiger partial charge >= 0.3 is 0 Å². The SMILES string of the molecule is CP(C)(=O)C/C=C/CCO.[Ac]. The smallest absolute Gasteiger partial charge is 0.0854 e. The van der Waals surface area contributed by atoms with Gasteiger partial charge in [0.2, 0.25) is 0 Å². The van der Waals surface area contributed by atoms with Crippen LogP contribution in [0, 0.1) is 44.1 Å². The molecule has 0 unspecified atom stereocenters. The van der Waals surface area contributed by atoms with E-state index in [4.69, 9.17) is 5.11 Å². The average molecular weight is 389 g/mol. The number of aliphatic hydroxyl groups is 1. The molecule has 1 radical (unpaired) electrons. The molecule has 11 heavy (non-hydrogen) atoms. The largest absolute Gasteiger partial charge is 0.396 e. The van der Waals surface area contributed by atoms with Crippen molar-refractivity contribution in [2.24, 2.45) is 0 Å². The fourth-order valence-corrected chi connectivity index (χ4v) is 1.18. The molecule has 0 aromatic heterocycles. The van der Waals surface area contributed by atoms with E-state index in [0.717, 1.165) is 0 Å². The molecule has 0 amide bonds. The predicted molar refractivity (Wildman–Crippen MR) is 45.2 cm³/mol. The summed E-state index contributed by atoms with van der Waals surface area (Å²) >= 11 is 0. The second kappa shape index (κ2) is 7.99. The van der Waals surface area contributed by atoms with Crippen molar-refractivity contribution < 1.29 is 53.7 Å². The topological polar surface area (TPSA) is 37.3 Å². The Morgan fingerprint density at radius 3 is 2.27 bits per heavy atom. The van der Waals surface area contributed by atoms with Gasteiger partial charge in [0.05, 0.1) is 7.14 Å². The predicted octanol–water partition coefficient (Wildman–Crippen LogP) is 1.55. The molecule has 0 aromatic rings. The monoisotopic (exact) mass is 389 g/mol. The van der Waals surface area contributed by atoms with E-state index in [2.05, 4.69) is 0 Å². The van der Waals surface area contributed by atoms with Crippen molar-refractivity contribution in [2.75, 3.05) is 26.1 Å². The van der Waals surface area contributed by atoms with Crippen LogP contribution in [0.5, 0.6) is 0 Å². The van der Waals surface area contributed by atoms with Crippen molar-refractivity contribution >= 4 is 7.14 Å². The molecule has 0 aromatic carbocycles. The van der Waals surface area contributed by atoms with Crippen molar-refractivity contribution in [1.82, 2.24) is 0 Å².